The summed E-state index contributed by atoms with van der Waals surface area (Å²) in [7, 11) is -2.57. The number of nitrogens with zero attached hydrogens (tertiary/aromatic N) is 2. The van der Waals surface area contributed by atoms with Gasteiger partial charge in [-0.15, -0.1) is 0 Å². The molecule has 2 aromatic carbocycles. The van der Waals surface area contributed by atoms with Crippen LogP contribution in [-0.4, -0.2) is 51.0 Å². The predicted octanol–water partition coefficient (Wildman–Crippen LogP) is 2.59. The van der Waals surface area contributed by atoms with Crippen LogP contribution in [0.3, 0.4) is 0 Å². The molecule has 1 N–H and O–H groups in total. The van der Waals surface area contributed by atoms with Gasteiger partial charge in [0.25, 0.3) is 0 Å². The highest BCUT2D eigenvalue weighted by atomic mass is 32.2. The standard InChI is InChI=1S/C22H27F2N3O4S/c1-5-20(22(29)25-3)26(13-16-8-6-7-15(2)11-16)21(28)14-27(32(4,30)31)17-9-10-18(23)19(24)12-17/h6-12,20H,5,13-14H2,1-4H3,(H,25,29)/t20-/m1/s1. The van der Waals surface area contributed by atoms with Crippen molar-refractivity contribution in [3.8, 4) is 0 Å². The van der Waals surface area contributed by atoms with Crippen LogP contribution in [0.4, 0.5) is 14.5 Å². The zero-order valence-corrected chi connectivity index (χ0v) is 19.2. The van der Waals surface area contributed by atoms with E-state index < -0.39 is 46.1 Å². The second kappa shape index (κ2) is 10.5. The number of carbonyl (C=O) groups is 2. The third-order valence-corrected chi connectivity index (χ3v) is 6.08. The van der Waals surface area contributed by atoms with Crippen molar-refractivity contribution in [1.82, 2.24) is 10.2 Å². The van der Waals surface area contributed by atoms with Gasteiger partial charge in [0, 0.05) is 19.7 Å². The molecule has 1 atom stereocenters. The van der Waals surface area contributed by atoms with Crippen LogP contribution in [0.5, 0.6) is 0 Å². The average Bonchev–Trinajstić information content (AvgIpc) is 2.72. The van der Waals surface area contributed by atoms with Crippen molar-refractivity contribution >= 4 is 27.5 Å². The van der Waals surface area contributed by atoms with E-state index in [1.165, 1.54) is 11.9 Å². The normalized spacial score (nSPS) is 12.2. The van der Waals surface area contributed by atoms with Crippen molar-refractivity contribution in [1.29, 1.82) is 0 Å². The minimum atomic E-state index is -4.02. The SMILES string of the molecule is CC[C@H](C(=O)NC)N(Cc1cccc(C)c1)C(=O)CN(c1ccc(F)c(F)c1)S(C)(=O)=O. The zero-order valence-electron chi connectivity index (χ0n) is 18.4. The molecule has 0 saturated heterocycles. The molecule has 2 aromatic rings. The van der Waals surface area contributed by atoms with Crippen molar-refractivity contribution in [2.75, 3.05) is 24.2 Å². The number of hydrogen-bond donors (Lipinski definition) is 1. The number of sulfonamides is 1. The Bertz CT molecular complexity index is 1090. The number of aryl methyl sites for hydroxylation is 1. The van der Waals surface area contributed by atoms with Crippen molar-refractivity contribution in [2.24, 2.45) is 0 Å². The van der Waals surface area contributed by atoms with Gasteiger partial charge in [-0.1, -0.05) is 36.8 Å². The van der Waals surface area contributed by atoms with Gasteiger partial charge in [-0.25, -0.2) is 17.2 Å². The van der Waals surface area contributed by atoms with Gasteiger partial charge >= 0.3 is 0 Å². The highest BCUT2D eigenvalue weighted by molar-refractivity contribution is 7.92. The number of hydrogen-bond acceptors (Lipinski definition) is 4. The second-order valence-corrected chi connectivity index (χ2v) is 9.32. The van der Waals surface area contributed by atoms with Crippen molar-refractivity contribution in [3.63, 3.8) is 0 Å². The molecule has 0 saturated carbocycles. The highest BCUT2D eigenvalue weighted by Crippen LogP contribution is 2.22. The minimum Gasteiger partial charge on any atom is -0.357 e. The Morgan fingerprint density at radius 3 is 2.31 bits per heavy atom. The van der Waals surface area contributed by atoms with E-state index in [1.54, 1.807) is 13.0 Å². The first-order valence-corrected chi connectivity index (χ1v) is 11.8. The van der Waals surface area contributed by atoms with Gasteiger partial charge in [0.1, 0.15) is 12.6 Å². The molecule has 0 aromatic heterocycles. The van der Waals surface area contributed by atoms with Crippen molar-refractivity contribution in [2.45, 2.75) is 32.9 Å². The van der Waals surface area contributed by atoms with Crippen molar-refractivity contribution in [3.05, 3.63) is 65.2 Å². The number of anilines is 1. The van der Waals surface area contributed by atoms with Crippen LogP contribution in [0.2, 0.25) is 0 Å². The number of amides is 2. The van der Waals surface area contributed by atoms with E-state index >= 15 is 0 Å². The molecule has 2 rings (SSSR count). The molecule has 7 nitrogen and oxygen atoms in total. The molecule has 0 aliphatic rings. The summed E-state index contributed by atoms with van der Waals surface area (Å²) >= 11 is 0. The largest absolute Gasteiger partial charge is 0.357 e. The van der Waals surface area contributed by atoms with Crippen LogP contribution in [-0.2, 0) is 26.2 Å². The zero-order chi connectivity index (χ0) is 24.1. The molecule has 0 aliphatic carbocycles. The summed E-state index contributed by atoms with van der Waals surface area (Å²) in [5.41, 5.74) is 1.53. The van der Waals surface area contributed by atoms with E-state index in [-0.39, 0.29) is 12.2 Å². The summed E-state index contributed by atoms with van der Waals surface area (Å²) in [6.45, 7) is 3.02. The van der Waals surface area contributed by atoms with Crippen LogP contribution in [0, 0.1) is 18.6 Å². The Hall–Kier alpha value is -3.01. The van der Waals surface area contributed by atoms with Gasteiger partial charge in [0.15, 0.2) is 11.6 Å². The molecule has 2 amide bonds. The summed E-state index contributed by atoms with van der Waals surface area (Å²) in [4.78, 5) is 27.1. The van der Waals surface area contributed by atoms with Gasteiger partial charge in [-0.3, -0.25) is 13.9 Å². The minimum absolute atomic E-state index is 0.0713. The molecule has 0 unspecified atom stereocenters. The van der Waals surface area contributed by atoms with Crippen LogP contribution < -0.4 is 9.62 Å². The third-order valence-electron chi connectivity index (χ3n) is 4.94. The molecule has 10 heteroatoms. The van der Waals surface area contributed by atoms with E-state index in [2.05, 4.69) is 5.32 Å². The number of halogens is 2. The lowest BCUT2D eigenvalue weighted by Gasteiger charge is -2.32. The quantitative estimate of drug-likeness (QED) is 0.614. The van der Waals surface area contributed by atoms with Gasteiger partial charge in [0.05, 0.1) is 11.9 Å². The molecule has 0 bridgehead atoms. The van der Waals surface area contributed by atoms with Gasteiger partial charge in [-0.2, -0.15) is 0 Å². The molecule has 32 heavy (non-hydrogen) atoms. The number of nitrogens with one attached hydrogen (secondary N) is 1. The highest BCUT2D eigenvalue weighted by Gasteiger charge is 2.31. The summed E-state index contributed by atoms with van der Waals surface area (Å²) in [5, 5.41) is 2.52. The van der Waals surface area contributed by atoms with Gasteiger partial charge in [-0.05, 0) is 31.0 Å². The molecule has 0 heterocycles. The first-order valence-electron chi connectivity index (χ1n) is 9.97. The molecular weight excluding hydrogens is 440 g/mol. The Morgan fingerprint density at radius 2 is 1.78 bits per heavy atom. The van der Waals surface area contributed by atoms with Crippen molar-refractivity contribution < 1.29 is 26.8 Å². The molecular formula is C22H27F2N3O4S. The van der Waals surface area contributed by atoms with E-state index in [9.17, 15) is 26.8 Å². The van der Waals surface area contributed by atoms with E-state index in [0.717, 1.165) is 29.5 Å². The average molecular weight is 468 g/mol. The number of rotatable bonds is 9. The van der Waals surface area contributed by atoms with Crippen LogP contribution in [0.25, 0.3) is 0 Å². The fourth-order valence-corrected chi connectivity index (χ4v) is 4.19. The molecule has 174 valence electrons. The van der Waals surface area contributed by atoms with Gasteiger partial charge in [0.2, 0.25) is 21.8 Å². The maximum Gasteiger partial charge on any atom is 0.244 e. The van der Waals surface area contributed by atoms with Crippen LogP contribution in [0.15, 0.2) is 42.5 Å². The Labute approximate surface area is 187 Å². The summed E-state index contributed by atoms with van der Waals surface area (Å²) in [6, 6.07) is 9.10. The maximum absolute atomic E-state index is 13.7. The topological polar surface area (TPSA) is 86.8 Å². The number of benzene rings is 2. The first-order chi connectivity index (χ1) is 15.0. The predicted molar refractivity (Wildman–Crippen MR) is 118 cm³/mol. The summed E-state index contributed by atoms with van der Waals surface area (Å²) < 4.78 is 52.5. The summed E-state index contributed by atoms with van der Waals surface area (Å²) in [6.07, 6.45) is 1.16. The Morgan fingerprint density at radius 1 is 1.09 bits per heavy atom. The molecule has 0 aliphatic heterocycles. The monoisotopic (exact) mass is 467 g/mol. The summed E-state index contributed by atoms with van der Waals surface area (Å²) in [5.74, 6) is -3.43. The van der Waals surface area contributed by atoms with E-state index in [4.69, 9.17) is 0 Å². The first kappa shape index (κ1) is 25.3. The Balaban J connectivity index is 2.45. The fourth-order valence-electron chi connectivity index (χ4n) is 3.35. The van der Waals surface area contributed by atoms with Crippen LogP contribution >= 0.6 is 0 Å². The number of carbonyl (C=O) groups excluding carboxylic acids is 2. The Kier molecular flexibility index (Phi) is 8.31. The third kappa shape index (κ3) is 6.25. The van der Waals surface area contributed by atoms with E-state index in [1.807, 2.05) is 25.1 Å². The molecule has 0 radical (unpaired) electrons. The molecule has 0 spiro atoms. The lowest BCUT2D eigenvalue weighted by Crippen LogP contribution is -2.51. The smallest absolute Gasteiger partial charge is 0.244 e. The lowest BCUT2D eigenvalue weighted by atomic mass is 10.1. The maximum atomic E-state index is 13.7. The lowest BCUT2D eigenvalue weighted by molar-refractivity contribution is -0.140. The van der Waals surface area contributed by atoms with E-state index in [0.29, 0.717) is 16.8 Å². The second-order valence-electron chi connectivity index (χ2n) is 7.42. The van der Waals surface area contributed by atoms with Crippen LogP contribution in [0.1, 0.15) is 24.5 Å². The molecule has 0 fully saturated rings. The van der Waals surface area contributed by atoms with Gasteiger partial charge < -0.3 is 10.2 Å². The fraction of sp³-hybridized carbons (Fsp3) is 0.364. The number of likely N-dealkylation sites (N-methyl/N-ethyl adjacent to an activating group) is 1.